The molecule has 6 heteroatoms. The Morgan fingerprint density at radius 3 is 2.57 bits per heavy atom. The molecule has 1 fully saturated rings. The van der Waals surface area contributed by atoms with Gasteiger partial charge < -0.3 is 19.4 Å². The number of anilines is 2. The number of benzene rings is 2. The van der Waals surface area contributed by atoms with Crippen molar-refractivity contribution in [1.29, 1.82) is 0 Å². The van der Waals surface area contributed by atoms with E-state index in [4.69, 9.17) is 9.15 Å². The Kier molecular flexibility index (Phi) is 5.10. The molecule has 6 nitrogen and oxygen atoms in total. The van der Waals surface area contributed by atoms with Crippen molar-refractivity contribution in [3.8, 4) is 5.75 Å². The molecule has 3 aromatic rings. The summed E-state index contributed by atoms with van der Waals surface area (Å²) in [5.41, 5.74) is 2.14. The van der Waals surface area contributed by atoms with E-state index in [1.54, 1.807) is 23.1 Å². The number of para-hydroxylation sites is 1. The molecule has 0 bridgehead atoms. The lowest BCUT2D eigenvalue weighted by atomic mass is 10.2. The van der Waals surface area contributed by atoms with Crippen molar-refractivity contribution in [2.75, 3.05) is 16.8 Å². The quantitative estimate of drug-likeness (QED) is 0.699. The maximum absolute atomic E-state index is 12.6. The van der Waals surface area contributed by atoms with Crippen LogP contribution in [0.5, 0.6) is 5.75 Å². The molecule has 0 radical (unpaired) electrons. The molecule has 2 amide bonds. The summed E-state index contributed by atoms with van der Waals surface area (Å²) < 4.78 is 11.1. The highest BCUT2D eigenvalue weighted by Crippen LogP contribution is 2.24. The van der Waals surface area contributed by atoms with E-state index < -0.39 is 0 Å². The number of amides is 2. The molecule has 0 aliphatic carbocycles. The maximum atomic E-state index is 12.6. The molecule has 0 unspecified atom stereocenters. The van der Waals surface area contributed by atoms with Gasteiger partial charge in [-0.2, -0.15) is 0 Å². The van der Waals surface area contributed by atoms with Gasteiger partial charge in [0.1, 0.15) is 12.4 Å². The number of ether oxygens (including phenoxy) is 1. The summed E-state index contributed by atoms with van der Waals surface area (Å²) in [6.07, 6.45) is 2.94. The molecule has 1 aliphatic rings. The van der Waals surface area contributed by atoms with Crippen molar-refractivity contribution in [3.63, 3.8) is 0 Å². The third-order valence-corrected chi connectivity index (χ3v) is 4.60. The first kappa shape index (κ1) is 17.9. The Morgan fingerprint density at radius 1 is 1.07 bits per heavy atom. The third kappa shape index (κ3) is 3.91. The van der Waals surface area contributed by atoms with Gasteiger partial charge in [0.2, 0.25) is 5.91 Å². The van der Waals surface area contributed by atoms with E-state index in [0.717, 1.165) is 24.4 Å². The van der Waals surface area contributed by atoms with Crippen LogP contribution < -0.4 is 15.0 Å². The minimum Gasteiger partial charge on any atom is -0.489 e. The smallest absolute Gasteiger partial charge is 0.291 e. The molecule has 1 N–H and O–H groups in total. The van der Waals surface area contributed by atoms with Gasteiger partial charge in [-0.1, -0.05) is 18.2 Å². The van der Waals surface area contributed by atoms with Crippen molar-refractivity contribution in [3.05, 3.63) is 78.3 Å². The van der Waals surface area contributed by atoms with Gasteiger partial charge in [-0.3, -0.25) is 9.59 Å². The summed E-state index contributed by atoms with van der Waals surface area (Å²) in [4.78, 5) is 26.2. The lowest BCUT2D eigenvalue weighted by Crippen LogP contribution is -2.23. The molecule has 0 spiro atoms. The Balaban J connectivity index is 1.40. The van der Waals surface area contributed by atoms with Gasteiger partial charge in [-0.25, -0.2) is 0 Å². The first-order chi connectivity index (χ1) is 13.7. The summed E-state index contributed by atoms with van der Waals surface area (Å²) >= 11 is 0. The number of hydrogen-bond donors (Lipinski definition) is 1. The van der Waals surface area contributed by atoms with Gasteiger partial charge in [0, 0.05) is 29.9 Å². The first-order valence-electron chi connectivity index (χ1n) is 9.17. The van der Waals surface area contributed by atoms with E-state index in [2.05, 4.69) is 5.32 Å². The number of nitrogens with zero attached hydrogens (tertiary/aromatic N) is 1. The fraction of sp³-hybridized carbons (Fsp3) is 0.182. The van der Waals surface area contributed by atoms with E-state index >= 15 is 0 Å². The number of carbonyl (C=O) groups excluding carboxylic acids is 2. The van der Waals surface area contributed by atoms with E-state index in [9.17, 15) is 9.59 Å². The molecular weight excluding hydrogens is 356 g/mol. The second-order valence-electron chi connectivity index (χ2n) is 6.53. The molecule has 4 rings (SSSR count). The van der Waals surface area contributed by atoms with Crippen LogP contribution in [-0.2, 0) is 11.4 Å². The molecule has 2 aromatic carbocycles. The van der Waals surface area contributed by atoms with Crippen molar-refractivity contribution in [1.82, 2.24) is 0 Å². The van der Waals surface area contributed by atoms with E-state index in [1.165, 1.54) is 6.26 Å². The van der Waals surface area contributed by atoms with Crippen LogP contribution in [0.25, 0.3) is 0 Å². The molecular formula is C22H20N2O4. The summed E-state index contributed by atoms with van der Waals surface area (Å²) in [6.45, 7) is 0.973. The number of hydrogen-bond acceptors (Lipinski definition) is 4. The Morgan fingerprint density at radius 2 is 1.86 bits per heavy atom. The van der Waals surface area contributed by atoms with E-state index in [0.29, 0.717) is 17.7 Å². The minimum atomic E-state index is -0.346. The summed E-state index contributed by atoms with van der Waals surface area (Å²) in [6, 6.07) is 18.3. The summed E-state index contributed by atoms with van der Waals surface area (Å²) in [5, 5.41) is 2.82. The molecule has 142 valence electrons. The molecule has 28 heavy (non-hydrogen) atoms. The molecule has 1 aromatic heterocycles. The van der Waals surface area contributed by atoms with Crippen LogP contribution in [0.1, 0.15) is 29.0 Å². The van der Waals surface area contributed by atoms with Crippen LogP contribution in [0.15, 0.2) is 71.3 Å². The molecule has 1 aliphatic heterocycles. The van der Waals surface area contributed by atoms with Crippen LogP contribution >= 0.6 is 0 Å². The maximum Gasteiger partial charge on any atom is 0.291 e. The van der Waals surface area contributed by atoms with Crippen LogP contribution in [0, 0.1) is 0 Å². The first-order valence-corrected chi connectivity index (χ1v) is 9.17. The summed E-state index contributed by atoms with van der Waals surface area (Å²) in [5.74, 6) is 0.730. The zero-order valence-corrected chi connectivity index (χ0v) is 15.3. The lowest BCUT2D eigenvalue weighted by Gasteiger charge is -2.16. The Bertz CT molecular complexity index is 964. The third-order valence-electron chi connectivity index (χ3n) is 4.60. The zero-order valence-electron chi connectivity index (χ0n) is 15.3. The summed E-state index contributed by atoms with van der Waals surface area (Å²) in [7, 11) is 0. The monoisotopic (exact) mass is 376 g/mol. The average Bonchev–Trinajstić information content (AvgIpc) is 3.37. The van der Waals surface area contributed by atoms with Gasteiger partial charge >= 0.3 is 0 Å². The van der Waals surface area contributed by atoms with Crippen molar-refractivity contribution < 1.29 is 18.7 Å². The van der Waals surface area contributed by atoms with Crippen LogP contribution in [0.4, 0.5) is 11.4 Å². The van der Waals surface area contributed by atoms with Gasteiger partial charge in [-0.15, -0.1) is 0 Å². The molecule has 2 heterocycles. The van der Waals surface area contributed by atoms with E-state index in [-0.39, 0.29) is 24.2 Å². The highest BCUT2D eigenvalue weighted by molar-refractivity contribution is 6.03. The predicted molar refractivity (Wildman–Crippen MR) is 105 cm³/mol. The van der Waals surface area contributed by atoms with Crippen molar-refractivity contribution >= 4 is 23.2 Å². The average molecular weight is 376 g/mol. The van der Waals surface area contributed by atoms with Crippen LogP contribution in [0.2, 0.25) is 0 Å². The molecule has 0 saturated carbocycles. The molecule has 1 saturated heterocycles. The van der Waals surface area contributed by atoms with Gasteiger partial charge in [0.15, 0.2) is 5.76 Å². The minimum absolute atomic E-state index is 0.135. The van der Waals surface area contributed by atoms with Crippen molar-refractivity contribution in [2.45, 2.75) is 19.4 Å². The lowest BCUT2D eigenvalue weighted by molar-refractivity contribution is -0.117. The fourth-order valence-corrected chi connectivity index (χ4v) is 3.16. The highest BCUT2D eigenvalue weighted by Gasteiger charge is 2.21. The number of carbonyl (C=O) groups is 2. The SMILES string of the molecule is O=C(Nc1ccc(N2CCCC2=O)cc1)c1occc1COc1ccccc1. The second kappa shape index (κ2) is 8.00. The number of rotatable bonds is 6. The number of nitrogens with one attached hydrogen (secondary N) is 1. The largest absolute Gasteiger partial charge is 0.489 e. The van der Waals surface area contributed by atoms with Gasteiger partial charge in [-0.05, 0) is 48.9 Å². The highest BCUT2D eigenvalue weighted by atomic mass is 16.5. The fourth-order valence-electron chi connectivity index (χ4n) is 3.16. The Hall–Kier alpha value is -3.54. The van der Waals surface area contributed by atoms with Crippen LogP contribution in [0.3, 0.4) is 0 Å². The molecule has 0 atom stereocenters. The standard InChI is InChI=1S/C22H20N2O4/c25-20-7-4-13-24(20)18-10-8-17(9-11-18)23-22(26)21-16(12-14-27-21)15-28-19-5-2-1-3-6-19/h1-3,5-6,8-12,14H,4,7,13,15H2,(H,23,26). The second-order valence-corrected chi connectivity index (χ2v) is 6.53. The normalized spacial score (nSPS) is 13.6. The zero-order chi connectivity index (χ0) is 19.3. The predicted octanol–water partition coefficient (Wildman–Crippen LogP) is 4.24. The number of furan rings is 1. The van der Waals surface area contributed by atoms with E-state index in [1.807, 2.05) is 42.5 Å². The van der Waals surface area contributed by atoms with Crippen LogP contribution in [-0.4, -0.2) is 18.4 Å². The topological polar surface area (TPSA) is 71.8 Å². The van der Waals surface area contributed by atoms with Crippen molar-refractivity contribution in [2.24, 2.45) is 0 Å². The Labute approximate surface area is 162 Å². The van der Waals surface area contributed by atoms with Gasteiger partial charge in [0.05, 0.1) is 6.26 Å². The van der Waals surface area contributed by atoms with Gasteiger partial charge in [0.25, 0.3) is 5.91 Å².